The molecular weight excluding hydrogens is 302 g/mol. The van der Waals surface area contributed by atoms with Gasteiger partial charge in [-0.15, -0.1) is 0 Å². The highest BCUT2D eigenvalue weighted by Crippen LogP contribution is 2.37. The third kappa shape index (κ3) is 2.80. The third-order valence-electron chi connectivity index (χ3n) is 4.63. The number of benzene rings is 2. The lowest BCUT2D eigenvalue weighted by Crippen LogP contribution is -2.52. The molecule has 4 nitrogen and oxygen atoms in total. The van der Waals surface area contributed by atoms with E-state index < -0.39 is 11.9 Å². The summed E-state index contributed by atoms with van der Waals surface area (Å²) in [6.45, 7) is 4.36. The zero-order chi connectivity index (χ0) is 17.3. The largest absolute Gasteiger partial charge is 0.481 e. The fourth-order valence-corrected chi connectivity index (χ4v) is 3.60. The maximum Gasteiger partial charge on any atom is 0.313 e. The summed E-state index contributed by atoms with van der Waals surface area (Å²) in [5, 5.41) is 9.84. The Bertz CT molecular complexity index is 754. The molecule has 0 bridgehead atoms. The molecule has 4 heteroatoms. The summed E-state index contributed by atoms with van der Waals surface area (Å²) in [4.78, 5) is 26.8. The number of carbonyl (C=O) groups is 2. The first kappa shape index (κ1) is 16.2. The van der Waals surface area contributed by atoms with Crippen LogP contribution in [-0.2, 0) is 11.3 Å². The van der Waals surface area contributed by atoms with Gasteiger partial charge in [-0.2, -0.15) is 0 Å². The van der Waals surface area contributed by atoms with E-state index in [0.29, 0.717) is 17.7 Å². The summed E-state index contributed by atoms with van der Waals surface area (Å²) in [6.07, 6.45) is 0. The lowest BCUT2D eigenvalue weighted by molar-refractivity contribution is -0.141. The Morgan fingerprint density at radius 1 is 1.08 bits per heavy atom. The normalized spacial score (nSPS) is 20.1. The molecule has 0 unspecified atom stereocenters. The van der Waals surface area contributed by atoms with Crippen molar-refractivity contribution in [3.05, 3.63) is 71.3 Å². The van der Waals surface area contributed by atoms with Crippen LogP contribution in [0.25, 0.3) is 0 Å². The van der Waals surface area contributed by atoms with Gasteiger partial charge in [0.15, 0.2) is 0 Å². The van der Waals surface area contributed by atoms with E-state index >= 15 is 0 Å². The molecule has 0 saturated carbocycles. The van der Waals surface area contributed by atoms with E-state index in [2.05, 4.69) is 0 Å². The maximum atomic E-state index is 13.0. The van der Waals surface area contributed by atoms with Crippen molar-refractivity contribution in [2.24, 2.45) is 5.92 Å². The Labute approximate surface area is 141 Å². The molecule has 1 heterocycles. The van der Waals surface area contributed by atoms with Crippen LogP contribution in [0.3, 0.4) is 0 Å². The zero-order valence-electron chi connectivity index (χ0n) is 13.8. The molecule has 0 aromatic heterocycles. The molecular formula is C20H21NO3. The fraction of sp³-hybridized carbons (Fsp3) is 0.300. The number of hydrogen-bond acceptors (Lipinski definition) is 2. The lowest BCUT2D eigenvalue weighted by atomic mass is 9.78. The molecule has 1 amide bonds. The van der Waals surface area contributed by atoms with Gasteiger partial charge in [-0.3, -0.25) is 9.59 Å². The van der Waals surface area contributed by atoms with Gasteiger partial charge in [0.05, 0.1) is 6.04 Å². The average Bonchev–Trinajstić information content (AvgIpc) is 2.57. The van der Waals surface area contributed by atoms with Crippen LogP contribution < -0.4 is 0 Å². The van der Waals surface area contributed by atoms with Gasteiger partial charge in [0, 0.05) is 12.1 Å². The first-order valence-corrected chi connectivity index (χ1v) is 8.17. The van der Waals surface area contributed by atoms with E-state index in [1.165, 1.54) is 0 Å². The maximum absolute atomic E-state index is 13.0. The molecule has 0 spiro atoms. The molecule has 0 fully saturated rings. The molecule has 2 atom stereocenters. The molecule has 0 saturated heterocycles. The Kier molecular flexibility index (Phi) is 4.38. The van der Waals surface area contributed by atoms with Crippen LogP contribution in [0.2, 0.25) is 0 Å². The second-order valence-electron chi connectivity index (χ2n) is 6.56. The molecule has 1 N–H and O–H groups in total. The Morgan fingerprint density at radius 2 is 1.71 bits per heavy atom. The van der Waals surface area contributed by atoms with Gasteiger partial charge in [-0.05, 0) is 23.1 Å². The van der Waals surface area contributed by atoms with Gasteiger partial charge >= 0.3 is 5.97 Å². The quantitative estimate of drug-likeness (QED) is 0.936. The van der Waals surface area contributed by atoms with Crippen molar-refractivity contribution >= 4 is 11.9 Å². The Balaban J connectivity index is 2.10. The predicted octanol–water partition coefficient (Wildman–Crippen LogP) is 3.54. The topological polar surface area (TPSA) is 57.6 Å². The molecule has 24 heavy (non-hydrogen) atoms. The van der Waals surface area contributed by atoms with E-state index in [4.69, 9.17) is 0 Å². The molecule has 2 aromatic carbocycles. The van der Waals surface area contributed by atoms with Gasteiger partial charge in [0.2, 0.25) is 0 Å². The van der Waals surface area contributed by atoms with Crippen molar-refractivity contribution in [1.29, 1.82) is 0 Å². The first-order chi connectivity index (χ1) is 11.5. The number of fused-ring (bicyclic) bond motifs is 1. The Morgan fingerprint density at radius 3 is 2.33 bits per heavy atom. The van der Waals surface area contributed by atoms with Crippen LogP contribution in [0.15, 0.2) is 54.6 Å². The zero-order valence-corrected chi connectivity index (χ0v) is 13.8. The number of carbonyl (C=O) groups excluding carboxylic acids is 1. The highest BCUT2D eigenvalue weighted by molar-refractivity contribution is 6.00. The van der Waals surface area contributed by atoms with Crippen molar-refractivity contribution in [2.45, 2.75) is 32.4 Å². The van der Waals surface area contributed by atoms with E-state index in [9.17, 15) is 14.7 Å². The molecule has 3 rings (SSSR count). The molecule has 1 aliphatic heterocycles. The summed E-state index contributed by atoms with van der Waals surface area (Å²) < 4.78 is 0. The van der Waals surface area contributed by atoms with Crippen molar-refractivity contribution in [1.82, 2.24) is 4.90 Å². The number of carboxylic acids is 1. The SMILES string of the molecule is CC(C)[C@H]1[C@H](C(=O)O)c2ccccc2C(=O)N1Cc1ccccc1. The minimum Gasteiger partial charge on any atom is -0.481 e. The number of carboxylic acid groups (broad SMARTS) is 1. The average molecular weight is 323 g/mol. The highest BCUT2D eigenvalue weighted by Gasteiger charge is 2.44. The number of rotatable bonds is 4. The summed E-state index contributed by atoms with van der Waals surface area (Å²) in [7, 11) is 0. The monoisotopic (exact) mass is 323 g/mol. The summed E-state index contributed by atoms with van der Waals surface area (Å²) in [5.41, 5.74) is 2.12. The summed E-state index contributed by atoms with van der Waals surface area (Å²) in [6, 6.07) is 16.4. The van der Waals surface area contributed by atoms with Crippen LogP contribution in [0.5, 0.6) is 0 Å². The molecule has 0 aliphatic carbocycles. The second-order valence-corrected chi connectivity index (χ2v) is 6.56. The van der Waals surface area contributed by atoms with Gasteiger partial charge in [0.1, 0.15) is 5.92 Å². The number of amides is 1. The van der Waals surface area contributed by atoms with E-state index in [1.54, 1.807) is 29.2 Å². The predicted molar refractivity (Wildman–Crippen MR) is 91.8 cm³/mol. The van der Waals surface area contributed by atoms with Crippen molar-refractivity contribution in [3.8, 4) is 0 Å². The van der Waals surface area contributed by atoms with Gasteiger partial charge < -0.3 is 10.0 Å². The van der Waals surface area contributed by atoms with Crippen LogP contribution in [-0.4, -0.2) is 27.9 Å². The standard InChI is InChI=1S/C20H21NO3/c1-13(2)18-17(20(23)24)15-10-6-7-11-16(15)19(22)21(18)12-14-8-4-3-5-9-14/h3-11,13,17-18H,12H2,1-2H3,(H,23,24)/t17-,18+/m1/s1. The van der Waals surface area contributed by atoms with Crippen LogP contribution in [0.4, 0.5) is 0 Å². The van der Waals surface area contributed by atoms with E-state index in [-0.39, 0.29) is 17.9 Å². The van der Waals surface area contributed by atoms with Crippen LogP contribution in [0, 0.1) is 5.92 Å². The van der Waals surface area contributed by atoms with E-state index in [0.717, 1.165) is 5.56 Å². The molecule has 1 aliphatic rings. The minimum absolute atomic E-state index is 0.0344. The molecule has 0 radical (unpaired) electrons. The van der Waals surface area contributed by atoms with Crippen LogP contribution >= 0.6 is 0 Å². The van der Waals surface area contributed by atoms with Crippen molar-refractivity contribution in [2.75, 3.05) is 0 Å². The third-order valence-corrected chi connectivity index (χ3v) is 4.63. The van der Waals surface area contributed by atoms with Gasteiger partial charge in [-0.1, -0.05) is 62.4 Å². The molecule has 124 valence electrons. The lowest BCUT2D eigenvalue weighted by Gasteiger charge is -2.42. The van der Waals surface area contributed by atoms with Gasteiger partial charge in [0.25, 0.3) is 5.91 Å². The summed E-state index contributed by atoms with van der Waals surface area (Å²) >= 11 is 0. The number of aliphatic carboxylic acids is 1. The summed E-state index contributed by atoms with van der Waals surface area (Å²) in [5.74, 6) is -1.65. The first-order valence-electron chi connectivity index (χ1n) is 8.17. The number of nitrogens with zero attached hydrogens (tertiary/aromatic N) is 1. The smallest absolute Gasteiger partial charge is 0.313 e. The van der Waals surface area contributed by atoms with Gasteiger partial charge in [-0.25, -0.2) is 0 Å². The Hall–Kier alpha value is -2.62. The van der Waals surface area contributed by atoms with Crippen LogP contribution in [0.1, 0.15) is 41.3 Å². The number of hydrogen-bond donors (Lipinski definition) is 1. The minimum atomic E-state index is -0.883. The highest BCUT2D eigenvalue weighted by atomic mass is 16.4. The second kappa shape index (κ2) is 6.48. The fourth-order valence-electron chi connectivity index (χ4n) is 3.60. The van der Waals surface area contributed by atoms with Crippen molar-refractivity contribution < 1.29 is 14.7 Å². The van der Waals surface area contributed by atoms with Crippen molar-refractivity contribution in [3.63, 3.8) is 0 Å². The van der Waals surface area contributed by atoms with E-state index in [1.807, 2.05) is 44.2 Å². The molecule has 2 aromatic rings.